The van der Waals surface area contributed by atoms with Crippen molar-refractivity contribution in [1.82, 2.24) is 10.2 Å². The fraction of sp³-hybridized carbons (Fsp3) is 0.875. The second-order valence-corrected chi connectivity index (χ2v) is 10.6. The van der Waals surface area contributed by atoms with Gasteiger partial charge in [-0.05, 0) is 0 Å². The average Bonchev–Trinajstić information content (AvgIpc) is 2.94. The molecule has 0 bridgehead atoms. The Morgan fingerprint density at radius 3 is 1.72 bits per heavy atom. The molecular formula is C24H41N3O16. The number of imide groups is 1. The molecule has 19 nitrogen and oxygen atoms in total. The van der Waals surface area contributed by atoms with Crippen molar-refractivity contribution < 1.29 is 78.9 Å². The molecular weight excluding hydrogens is 586 g/mol. The Bertz CT molecular complexity index is 961. The summed E-state index contributed by atoms with van der Waals surface area (Å²) < 4.78 is 28.1. The van der Waals surface area contributed by atoms with Crippen molar-refractivity contribution in [3.63, 3.8) is 0 Å². The maximum atomic E-state index is 12.1. The molecule has 0 aromatic heterocycles. The molecule has 3 amide bonds. The van der Waals surface area contributed by atoms with Crippen molar-refractivity contribution in [3.05, 3.63) is 0 Å². The number of carbonyl (C=O) groups is 3. The molecule has 3 saturated heterocycles. The number of nitrogens with two attached hydrogens (primary N) is 1. The molecule has 3 rings (SSSR count). The van der Waals surface area contributed by atoms with E-state index < -0.39 is 129 Å². The van der Waals surface area contributed by atoms with Gasteiger partial charge in [-0.15, -0.1) is 0 Å². The number of ether oxygens (including phenoxy) is 5. The van der Waals surface area contributed by atoms with Gasteiger partial charge in [-0.2, -0.15) is 0 Å². The first-order chi connectivity index (χ1) is 20.2. The summed E-state index contributed by atoms with van der Waals surface area (Å²) in [5.41, 5.74) is 5.92. The molecule has 43 heavy (non-hydrogen) atoms. The smallest absolute Gasteiger partial charge is 0.226 e. The van der Waals surface area contributed by atoms with Crippen LogP contribution in [0.25, 0.3) is 0 Å². The second kappa shape index (κ2) is 14.9. The maximum Gasteiger partial charge on any atom is 0.226 e. The van der Waals surface area contributed by atoms with Crippen molar-refractivity contribution in [2.45, 2.75) is 113 Å². The molecule has 0 spiro atoms. The van der Waals surface area contributed by atoms with Gasteiger partial charge < -0.3 is 75.6 Å². The van der Waals surface area contributed by atoms with Crippen molar-refractivity contribution in [2.75, 3.05) is 19.8 Å². The molecule has 3 heterocycles. The van der Waals surface area contributed by atoms with E-state index in [0.29, 0.717) is 4.90 Å². The van der Waals surface area contributed by atoms with E-state index in [1.807, 2.05) is 0 Å². The molecule has 0 radical (unpaired) electrons. The largest absolute Gasteiger partial charge is 0.394 e. The monoisotopic (exact) mass is 627 g/mol. The number of aliphatic hydroxyl groups is 8. The van der Waals surface area contributed by atoms with Gasteiger partial charge in [-0.3, -0.25) is 19.3 Å². The summed E-state index contributed by atoms with van der Waals surface area (Å²) in [5, 5.41) is 85.1. The van der Waals surface area contributed by atoms with Crippen molar-refractivity contribution in [3.8, 4) is 0 Å². The van der Waals surface area contributed by atoms with Gasteiger partial charge in [0.05, 0.1) is 25.9 Å². The van der Waals surface area contributed by atoms with E-state index in [4.69, 9.17) is 29.4 Å². The van der Waals surface area contributed by atoms with Gasteiger partial charge in [-0.25, -0.2) is 0 Å². The summed E-state index contributed by atoms with van der Waals surface area (Å²) in [4.78, 5) is 36.9. The molecule has 248 valence electrons. The number of hydrogen-bond acceptors (Lipinski definition) is 17. The molecule has 3 fully saturated rings. The Balaban J connectivity index is 1.90. The first kappa shape index (κ1) is 35.5. The predicted octanol–water partition coefficient (Wildman–Crippen LogP) is -7.06. The van der Waals surface area contributed by atoms with Crippen LogP contribution in [0, 0.1) is 0 Å². The molecule has 3 aliphatic rings. The quantitative estimate of drug-likeness (QED) is 0.114. The van der Waals surface area contributed by atoms with Gasteiger partial charge in [0.25, 0.3) is 0 Å². The van der Waals surface area contributed by atoms with Crippen LogP contribution in [-0.4, -0.2) is 175 Å². The summed E-state index contributed by atoms with van der Waals surface area (Å²) in [6.45, 7) is 0.734. The number of amides is 3. The van der Waals surface area contributed by atoms with E-state index >= 15 is 0 Å². The van der Waals surface area contributed by atoms with Crippen molar-refractivity contribution >= 4 is 17.7 Å². The Labute approximate surface area is 245 Å². The highest BCUT2D eigenvalue weighted by Crippen LogP contribution is 2.33. The Kier molecular flexibility index (Phi) is 12.3. The number of carbonyl (C=O) groups excluding carboxylic acids is 3. The van der Waals surface area contributed by atoms with E-state index in [9.17, 15) is 55.2 Å². The number of aliphatic hydroxyl groups excluding tert-OH is 8. The number of rotatable bonds is 9. The first-order valence-corrected chi connectivity index (χ1v) is 13.5. The van der Waals surface area contributed by atoms with Crippen LogP contribution in [0.1, 0.15) is 20.8 Å². The summed E-state index contributed by atoms with van der Waals surface area (Å²) in [6, 6.07) is -4.58. The predicted molar refractivity (Wildman–Crippen MR) is 136 cm³/mol. The molecule has 0 aliphatic carbocycles. The lowest BCUT2D eigenvalue weighted by Gasteiger charge is -2.50. The third-order valence-corrected chi connectivity index (χ3v) is 7.55. The standard InChI is InChI=1S/C24H41N3O16/c1-7(31)26-14-18(36)20(42-23-13(25)17(35)16(34)10(4-28)40-23)12(6-30)41-24(14)43-21-11(5-29)39-22(38)15(19(21)37)27(8(2)32)9(3)33/h10-24,28-30,34-38H,4-6,25H2,1-3H3,(H,26,31)/t10-,11-,12-,13-,14-,15-,16-,17-,18-,19-,20-,21-,22?,23+,24+/m1/s1. The summed E-state index contributed by atoms with van der Waals surface area (Å²) in [7, 11) is 0. The van der Waals surface area contributed by atoms with Crippen LogP contribution in [0.3, 0.4) is 0 Å². The molecule has 0 aromatic rings. The van der Waals surface area contributed by atoms with Crippen LogP contribution >= 0.6 is 0 Å². The van der Waals surface area contributed by atoms with Crippen LogP contribution in [-0.2, 0) is 38.1 Å². The minimum absolute atomic E-state index is 0.542. The fourth-order valence-electron chi connectivity index (χ4n) is 5.43. The minimum atomic E-state index is -1.93. The van der Waals surface area contributed by atoms with E-state index in [2.05, 4.69) is 5.32 Å². The Hall–Kier alpha value is -1.95. The fourth-order valence-corrected chi connectivity index (χ4v) is 5.43. The maximum absolute atomic E-state index is 12.1. The van der Waals surface area contributed by atoms with Crippen molar-refractivity contribution in [1.29, 1.82) is 0 Å². The first-order valence-electron chi connectivity index (χ1n) is 13.5. The minimum Gasteiger partial charge on any atom is -0.394 e. The second-order valence-electron chi connectivity index (χ2n) is 10.6. The van der Waals surface area contributed by atoms with Gasteiger partial charge in [-0.1, -0.05) is 0 Å². The van der Waals surface area contributed by atoms with Gasteiger partial charge in [0.1, 0.15) is 67.0 Å². The molecule has 11 N–H and O–H groups in total. The van der Waals surface area contributed by atoms with E-state index in [1.165, 1.54) is 0 Å². The lowest BCUT2D eigenvalue weighted by molar-refractivity contribution is -0.352. The number of hydrogen-bond donors (Lipinski definition) is 10. The molecule has 1 unspecified atom stereocenters. The average molecular weight is 628 g/mol. The highest BCUT2D eigenvalue weighted by atomic mass is 16.7. The molecule has 0 saturated carbocycles. The van der Waals surface area contributed by atoms with Gasteiger partial charge >= 0.3 is 0 Å². The van der Waals surface area contributed by atoms with Crippen LogP contribution < -0.4 is 11.1 Å². The number of nitrogens with zero attached hydrogens (tertiary/aromatic N) is 1. The summed E-state index contributed by atoms with van der Waals surface area (Å²) >= 11 is 0. The summed E-state index contributed by atoms with van der Waals surface area (Å²) in [5.74, 6) is -2.38. The van der Waals surface area contributed by atoms with E-state index in [0.717, 1.165) is 20.8 Å². The topological polar surface area (TPSA) is 300 Å². The third kappa shape index (κ3) is 7.48. The molecule has 19 heteroatoms. The van der Waals surface area contributed by atoms with Crippen LogP contribution in [0.4, 0.5) is 0 Å². The van der Waals surface area contributed by atoms with E-state index in [1.54, 1.807) is 0 Å². The Morgan fingerprint density at radius 1 is 0.721 bits per heavy atom. The SMILES string of the molecule is CC(=O)N[C@H]1[C@H](O[C@H]2[C@H](O)[C@@H](N(C(C)=O)C(C)=O)C(O)O[C@@H]2CO)O[C@H](CO)[C@@H](O[C@@H]2O[C@H](CO)[C@@H](O)[C@H](O)[C@H]2N)[C@@H]1O. The normalized spacial score (nSPS) is 43.6. The number of nitrogens with one attached hydrogen (secondary N) is 1. The lowest BCUT2D eigenvalue weighted by atomic mass is 9.93. The lowest BCUT2D eigenvalue weighted by Crippen LogP contribution is -2.71. The third-order valence-electron chi connectivity index (χ3n) is 7.55. The zero-order valence-corrected chi connectivity index (χ0v) is 23.6. The molecule has 15 atom stereocenters. The summed E-state index contributed by atoms with van der Waals surface area (Å²) in [6.07, 6.45) is -19.4. The van der Waals surface area contributed by atoms with E-state index in [-0.39, 0.29) is 0 Å². The highest BCUT2D eigenvalue weighted by Gasteiger charge is 2.55. The van der Waals surface area contributed by atoms with Gasteiger partial charge in [0.15, 0.2) is 18.9 Å². The van der Waals surface area contributed by atoms with Gasteiger partial charge in [0.2, 0.25) is 17.7 Å². The van der Waals surface area contributed by atoms with Crippen LogP contribution in [0.5, 0.6) is 0 Å². The Morgan fingerprint density at radius 2 is 1.21 bits per heavy atom. The van der Waals surface area contributed by atoms with Crippen molar-refractivity contribution in [2.24, 2.45) is 5.73 Å². The molecule has 0 aromatic carbocycles. The van der Waals surface area contributed by atoms with Crippen LogP contribution in [0.15, 0.2) is 0 Å². The van der Waals surface area contributed by atoms with Crippen LogP contribution in [0.2, 0.25) is 0 Å². The zero-order chi connectivity index (χ0) is 32.3. The van der Waals surface area contributed by atoms with Gasteiger partial charge in [0, 0.05) is 20.8 Å². The molecule has 3 aliphatic heterocycles. The zero-order valence-electron chi connectivity index (χ0n) is 23.6. The highest BCUT2D eigenvalue weighted by molar-refractivity contribution is 5.93.